The summed E-state index contributed by atoms with van der Waals surface area (Å²) in [5.74, 6) is -6.45. The van der Waals surface area contributed by atoms with Crippen molar-refractivity contribution >= 4 is 45.0 Å². The second-order valence-corrected chi connectivity index (χ2v) is 7.92. The molecule has 2 amide bonds. The Morgan fingerprint density at radius 2 is 1.41 bits per heavy atom. The summed E-state index contributed by atoms with van der Waals surface area (Å²) in [5, 5.41) is -0.260. The lowest BCUT2D eigenvalue weighted by Crippen LogP contribution is -2.29. The van der Waals surface area contributed by atoms with E-state index in [-0.39, 0.29) is 34.0 Å². The number of nitrogens with zero attached hydrogens (tertiary/aromatic N) is 1. The molecule has 1 heterocycles. The molecule has 4 nitrogen and oxygen atoms in total. The zero-order valence-corrected chi connectivity index (χ0v) is 17.8. The summed E-state index contributed by atoms with van der Waals surface area (Å²) in [6, 6.07) is 8.58. The van der Waals surface area contributed by atoms with Gasteiger partial charge in [-0.05, 0) is 36.4 Å². The predicted octanol–water partition coefficient (Wildman–Crippen LogP) is 6.99. The van der Waals surface area contributed by atoms with E-state index in [2.05, 4.69) is 15.9 Å². The van der Waals surface area contributed by atoms with E-state index in [1.807, 2.05) is 0 Å². The lowest BCUT2D eigenvalue weighted by Gasteiger charge is -2.20. The van der Waals surface area contributed by atoms with E-state index in [1.165, 1.54) is 24.3 Å². The summed E-state index contributed by atoms with van der Waals surface area (Å²) < 4.78 is 72.7. The van der Waals surface area contributed by atoms with Crippen molar-refractivity contribution in [1.29, 1.82) is 0 Å². The third-order valence-corrected chi connectivity index (χ3v) is 5.29. The van der Waals surface area contributed by atoms with E-state index in [9.17, 15) is 31.5 Å². The van der Waals surface area contributed by atoms with Crippen LogP contribution in [0.25, 0.3) is 0 Å². The molecule has 0 aliphatic carbocycles. The zero-order valence-electron chi connectivity index (χ0n) is 15.4. The topological polar surface area (TPSA) is 46.6 Å². The average Bonchev–Trinajstić information content (AvgIpc) is 2.95. The van der Waals surface area contributed by atoms with E-state index < -0.39 is 46.7 Å². The minimum atomic E-state index is -4.99. The summed E-state index contributed by atoms with van der Waals surface area (Å²) in [4.78, 5) is 26.4. The molecule has 32 heavy (non-hydrogen) atoms. The number of hydrogen-bond donors (Lipinski definition) is 0. The average molecular weight is 533 g/mol. The van der Waals surface area contributed by atoms with Gasteiger partial charge in [-0.15, -0.1) is 0 Å². The SMILES string of the molecule is O=C1c2ccccc2C(=O)N1c1cc(Br)cc(Cl)c1Oc1c(F)cc(C(F)(F)F)cc1F. The van der Waals surface area contributed by atoms with Gasteiger partial charge < -0.3 is 4.74 Å². The van der Waals surface area contributed by atoms with Crippen LogP contribution in [0.3, 0.4) is 0 Å². The molecule has 0 spiro atoms. The van der Waals surface area contributed by atoms with Crippen molar-refractivity contribution in [1.82, 2.24) is 0 Å². The fourth-order valence-electron chi connectivity index (χ4n) is 3.15. The van der Waals surface area contributed by atoms with Crippen LogP contribution in [0.1, 0.15) is 26.3 Å². The molecule has 11 heteroatoms. The molecule has 0 radical (unpaired) electrons. The van der Waals surface area contributed by atoms with Crippen LogP contribution in [0.4, 0.5) is 27.6 Å². The number of rotatable bonds is 3. The number of carbonyl (C=O) groups is 2. The van der Waals surface area contributed by atoms with Gasteiger partial charge in [0.05, 0.1) is 27.4 Å². The Morgan fingerprint density at radius 1 is 0.875 bits per heavy atom. The molecule has 0 aromatic heterocycles. The van der Waals surface area contributed by atoms with Crippen LogP contribution in [-0.2, 0) is 6.18 Å². The zero-order chi connectivity index (χ0) is 23.4. The lowest BCUT2D eigenvalue weighted by molar-refractivity contribution is -0.138. The number of amides is 2. The van der Waals surface area contributed by atoms with Crippen LogP contribution in [0.2, 0.25) is 5.02 Å². The number of anilines is 1. The summed E-state index contributed by atoms with van der Waals surface area (Å²) in [5.41, 5.74) is -1.63. The van der Waals surface area contributed by atoms with Gasteiger partial charge in [0.2, 0.25) is 0 Å². The molecular weight excluding hydrogens is 525 g/mol. The van der Waals surface area contributed by atoms with Crippen LogP contribution in [0.5, 0.6) is 11.5 Å². The molecule has 1 aliphatic rings. The maximum atomic E-state index is 14.4. The lowest BCUT2D eigenvalue weighted by atomic mass is 10.1. The van der Waals surface area contributed by atoms with Gasteiger partial charge in [0.15, 0.2) is 23.1 Å². The summed E-state index contributed by atoms with van der Waals surface area (Å²) in [6.45, 7) is 0. The molecule has 1 aliphatic heterocycles. The van der Waals surface area contributed by atoms with Crippen molar-refractivity contribution in [3.05, 3.63) is 86.4 Å². The normalized spacial score (nSPS) is 13.5. The Bertz CT molecular complexity index is 1240. The second kappa shape index (κ2) is 7.86. The number of alkyl halides is 3. The molecule has 0 N–H and O–H groups in total. The van der Waals surface area contributed by atoms with Gasteiger partial charge in [-0.3, -0.25) is 9.59 Å². The summed E-state index contributed by atoms with van der Waals surface area (Å²) in [7, 11) is 0. The van der Waals surface area contributed by atoms with Gasteiger partial charge in [0.25, 0.3) is 11.8 Å². The predicted molar refractivity (Wildman–Crippen MR) is 108 cm³/mol. The first-order valence-corrected chi connectivity index (χ1v) is 9.87. The minimum absolute atomic E-state index is 0.0624. The first-order chi connectivity index (χ1) is 15.0. The van der Waals surface area contributed by atoms with Crippen LogP contribution in [0, 0.1) is 11.6 Å². The summed E-state index contributed by atoms with van der Waals surface area (Å²) in [6.07, 6.45) is -4.99. The summed E-state index contributed by atoms with van der Waals surface area (Å²) >= 11 is 9.30. The van der Waals surface area contributed by atoms with Crippen LogP contribution in [0.15, 0.2) is 53.0 Å². The molecule has 0 atom stereocenters. The largest absolute Gasteiger partial charge is 0.447 e. The highest BCUT2D eigenvalue weighted by atomic mass is 79.9. The van der Waals surface area contributed by atoms with E-state index >= 15 is 0 Å². The van der Waals surface area contributed by atoms with Crippen LogP contribution >= 0.6 is 27.5 Å². The van der Waals surface area contributed by atoms with Crippen molar-refractivity contribution in [2.24, 2.45) is 0 Å². The Labute approximate surface area is 190 Å². The highest BCUT2D eigenvalue weighted by Crippen LogP contribution is 2.45. The number of carbonyl (C=O) groups excluding carboxylic acids is 2. The van der Waals surface area contributed by atoms with Crippen LogP contribution in [-0.4, -0.2) is 11.8 Å². The molecular formula is C21H8BrClF5NO3. The molecule has 4 rings (SSSR count). The Hall–Kier alpha value is -2.98. The van der Waals surface area contributed by atoms with Gasteiger partial charge in [0, 0.05) is 4.47 Å². The van der Waals surface area contributed by atoms with Gasteiger partial charge in [-0.2, -0.15) is 13.2 Å². The van der Waals surface area contributed by atoms with Crippen molar-refractivity contribution in [2.45, 2.75) is 6.18 Å². The molecule has 0 saturated heterocycles. The smallest absolute Gasteiger partial charge is 0.416 e. The first kappa shape index (κ1) is 22.2. The van der Waals surface area contributed by atoms with Gasteiger partial charge in [-0.1, -0.05) is 39.7 Å². The van der Waals surface area contributed by atoms with Gasteiger partial charge in [0.1, 0.15) is 0 Å². The minimum Gasteiger partial charge on any atom is -0.447 e. The standard InChI is InChI=1S/C21H8BrClF5NO3/c22-10-7-13(23)17(32-18-14(24)5-9(6-15(18)25)21(26,27)28)16(8-10)29-19(30)11-3-1-2-4-12(11)20(29)31/h1-8H. The third-order valence-electron chi connectivity index (χ3n) is 4.55. The Balaban J connectivity index is 1.83. The monoisotopic (exact) mass is 531 g/mol. The number of ether oxygens (including phenoxy) is 1. The highest BCUT2D eigenvalue weighted by Gasteiger charge is 2.39. The van der Waals surface area contributed by atoms with Gasteiger partial charge >= 0.3 is 6.18 Å². The number of fused-ring (bicyclic) bond motifs is 1. The maximum Gasteiger partial charge on any atom is 0.416 e. The van der Waals surface area contributed by atoms with Crippen molar-refractivity contribution < 1.29 is 36.3 Å². The molecule has 3 aromatic rings. The number of hydrogen-bond acceptors (Lipinski definition) is 3. The number of benzene rings is 3. The fraction of sp³-hybridized carbons (Fsp3) is 0.0476. The molecule has 0 bridgehead atoms. The van der Waals surface area contributed by atoms with E-state index in [1.54, 1.807) is 12.1 Å². The highest BCUT2D eigenvalue weighted by molar-refractivity contribution is 9.10. The number of imide groups is 1. The molecule has 164 valence electrons. The molecule has 0 fully saturated rings. The first-order valence-electron chi connectivity index (χ1n) is 8.70. The number of halogens is 7. The quantitative estimate of drug-likeness (QED) is 0.270. The van der Waals surface area contributed by atoms with Crippen molar-refractivity contribution in [2.75, 3.05) is 4.90 Å². The van der Waals surface area contributed by atoms with Crippen LogP contribution < -0.4 is 9.64 Å². The fourth-order valence-corrected chi connectivity index (χ4v) is 3.98. The second-order valence-electron chi connectivity index (χ2n) is 6.60. The maximum absolute atomic E-state index is 14.4. The van der Waals surface area contributed by atoms with Gasteiger partial charge in [-0.25, -0.2) is 13.7 Å². The van der Waals surface area contributed by atoms with Crippen molar-refractivity contribution in [3.63, 3.8) is 0 Å². The third kappa shape index (κ3) is 3.73. The van der Waals surface area contributed by atoms with E-state index in [0.717, 1.165) is 0 Å². The van der Waals surface area contributed by atoms with E-state index in [0.29, 0.717) is 9.37 Å². The molecule has 0 unspecified atom stereocenters. The molecule has 3 aromatic carbocycles. The van der Waals surface area contributed by atoms with Crippen molar-refractivity contribution in [3.8, 4) is 11.5 Å². The molecule has 0 saturated carbocycles. The Kier molecular flexibility index (Phi) is 5.46. The Morgan fingerprint density at radius 3 is 1.91 bits per heavy atom. The van der Waals surface area contributed by atoms with E-state index in [4.69, 9.17) is 16.3 Å².